The normalized spacial score (nSPS) is 17.2. The lowest BCUT2D eigenvalue weighted by atomic mass is 9.98. The maximum Gasteiger partial charge on any atom is 0.273 e. The van der Waals surface area contributed by atoms with Crippen LogP contribution in [-0.2, 0) is 0 Å². The molecular formula is C23H27N3O2. The number of piperidine rings is 1. The molecule has 1 aromatic carbocycles. The lowest BCUT2D eigenvalue weighted by molar-refractivity contribution is 0.0568. The molecule has 5 nitrogen and oxygen atoms in total. The molecule has 1 amide bonds. The molecule has 0 spiro atoms. The van der Waals surface area contributed by atoms with E-state index in [1.807, 2.05) is 58.8 Å². The molecule has 4 rings (SSSR count). The van der Waals surface area contributed by atoms with Crippen molar-refractivity contribution in [3.63, 3.8) is 0 Å². The van der Waals surface area contributed by atoms with Gasteiger partial charge in [0.05, 0.1) is 0 Å². The zero-order valence-electron chi connectivity index (χ0n) is 16.6. The first-order valence-electron chi connectivity index (χ1n) is 10.1. The maximum atomic E-state index is 13.7. The van der Waals surface area contributed by atoms with Crippen molar-refractivity contribution in [2.24, 2.45) is 0 Å². The van der Waals surface area contributed by atoms with Gasteiger partial charge in [-0.25, -0.2) is 4.98 Å². The van der Waals surface area contributed by atoms with Crippen LogP contribution >= 0.6 is 0 Å². The monoisotopic (exact) mass is 377 g/mol. The Morgan fingerprint density at radius 1 is 1.11 bits per heavy atom. The van der Waals surface area contributed by atoms with Crippen molar-refractivity contribution in [2.45, 2.75) is 45.6 Å². The largest absolute Gasteiger partial charge is 0.396 e. The lowest BCUT2D eigenvalue weighted by Gasteiger charge is -2.35. The fraction of sp³-hybridized carbons (Fsp3) is 0.391. The Morgan fingerprint density at radius 3 is 2.61 bits per heavy atom. The van der Waals surface area contributed by atoms with E-state index in [-0.39, 0.29) is 18.6 Å². The van der Waals surface area contributed by atoms with Crippen molar-refractivity contribution < 1.29 is 9.90 Å². The van der Waals surface area contributed by atoms with E-state index < -0.39 is 0 Å². The van der Waals surface area contributed by atoms with Crippen LogP contribution in [0.2, 0.25) is 0 Å². The zero-order chi connectivity index (χ0) is 19.7. The fourth-order valence-corrected chi connectivity index (χ4v) is 4.12. The van der Waals surface area contributed by atoms with E-state index >= 15 is 0 Å². The average molecular weight is 377 g/mol. The van der Waals surface area contributed by atoms with Crippen molar-refractivity contribution in [2.75, 3.05) is 13.2 Å². The van der Waals surface area contributed by atoms with Gasteiger partial charge in [-0.3, -0.25) is 9.20 Å². The van der Waals surface area contributed by atoms with Crippen molar-refractivity contribution in [1.29, 1.82) is 0 Å². The number of benzene rings is 1. The SMILES string of the molecule is Cc1ccc(-c2nc3ccc(C)cn3c2C(=O)N2CCCCC2CCO)cc1. The number of imidazole rings is 1. The van der Waals surface area contributed by atoms with Crippen LogP contribution in [0.25, 0.3) is 16.9 Å². The molecule has 1 atom stereocenters. The molecule has 146 valence electrons. The number of aliphatic hydroxyl groups excluding tert-OH is 1. The Hall–Kier alpha value is -2.66. The molecule has 0 aliphatic carbocycles. The fourth-order valence-electron chi connectivity index (χ4n) is 4.12. The van der Waals surface area contributed by atoms with Crippen molar-refractivity contribution in [3.05, 3.63) is 59.4 Å². The van der Waals surface area contributed by atoms with Crippen molar-refractivity contribution >= 4 is 11.6 Å². The van der Waals surface area contributed by atoms with Crippen molar-refractivity contribution in [3.8, 4) is 11.3 Å². The highest BCUT2D eigenvalue weighted by atomic mass is 16.3. The van der Waals surface area contributed by atoms with Crippen molar-refractivity contribution in [1.82, 2.24) is 14.3 Å². The van der Waals surface area contributed by atoms with Crippen LogP contribution in [0.4, 0.5) is 0 Å². The number of pyridine rings is 1. The number of hydrogen-bond donors (Lipinski definition) is 1. The molecule has 0 bridgehead atoms. The Labute approximate surface area is 165 Å². The first-order valence-corrected chi connectivity index (χ1v) is 10.1. The molecule has 2 aromatic heterocycles. The van der Waals surface area contributed by atoms with Gasteiger partial charge in [-0.05, 0) is 51.2 Å². The van der Waals surface area contributed by atoms with Crippen LogP contribution in [0.3, 0.4) is 0 Å². The molecule has 5 heteroatoms. The summed E-state index contributed by atoms with van der Waals surface area (Å²) in [5, 5.41) is 9.46. The number of hydrogen-bond acceptors (Lipinski definition) is 3. The van der Waals surface area contributed by atoms with Crippen LogP contribution in [0.15, 0.2) is 42.6 Å². The molecule has 3 heterocycles. The molecule has 1 unspecified atom stereocenters. The average Bonchev–Trinajstić information content (AvgIpc) is 3.07. The van der Waals surface area contributed by atoms with Gasteiger partial charge in [-0.15, -0.1) is 0 Å². The quantitative estimate of drug-likeness (QED) is 0.748. The van der Waals surface area contributed by atoms with Gasteiger partial charge in [-0.2, -0.15) is 0 Å². The van der Waals surface area contributed by atoms with Crippen LogP contribution in [-0.4, -0.2) is 44.5 Å². The first kappa shape index (κ1) is 18.7. The molecule has 28 heavy (non-hydrogen) atoms. The van der Waals surface area contributed by atoms with Gasteiger partial charge in [0.15, 0.2) is 0 Å². The van der Waals surface area contributed by atoms with Gasteiger partial charge in [0.25, 0.3) is 5.91 Å². The summed E-state index contributed by atoms with van der Waals surface area (Å²) < 4.78 is 1.93. The number of aromatic nitrogens is 2. The van der Waals surface area contributed by atoms with Gasteiger partial charge >= 0.3 is 0 Å². The highest BCUT2D eigenvalue weighted by Crippen LogP contribution is 2.29. The molecule has 1 saturated heterocycles. The van der Waals surface area contributed by atoms with E-state index in [1.165, 1.54) is 5.56 Å². The Morgan fingerprint density at radius 2 is 1.86 bits per heavy atom. The van der Waals surface area contributed by atoms with E-state index in [4.69, 9.17) is 4.98 Å². The molecule has 1 N–H and O–H groups in total. The minimum Gasteiger partial charge on any atom is -0.396 e. The summed E-state index contributed by atoms with van der Waals surface area (Å²) in [6, 6.07) is 12.2. The van der Waals surface area contributed by atoms with Gasteiger partial charge < -0.3 is 10.0 Å². The molecule has 1 aliphatic rings. The van der Waals surface area contributed by atoms with Gasteiger partial charge in [0, 0.05) is 31.0 Å². The third-order valence-electron chi connectivity index (χ3n) is 5.64. The van der Waals surface area contributed by atoms with E-state index in [0.29, 0.717) is 12.1 Å². The summed E-state index contributed by atoms with van der Waals surface area (Å²) in [4.78, 5) is 20.5. The number of carbonyl (C=O) groups is 1. The standard InChI is InChI=1S/C23H27N3O2/c1-16-6-9-18(10-7-16)21-22(26-15-17(2)8-11-20(26)24-21)23(28)25-13-4-3-5-19(25)12-14-27/h6-11,15,19,27H,3-5,12-14H2,1-2H3. The molecule has 1 fully saturated rings. The first-order chi connectivity index (χ1) is 13.6. The lowest BCUT2D eigenvalue weighted by Crippen LogP contribution is -2.44. The summed E-state index contributed by atoms with van der Waals surface area (Å²) in [7, 11) is 0. The van der Waals surface area contributed by atoms with Crippen LogP contribution in [0.1, 0.15) is 47.3 Å². The molecular weight excluding hydrogens is 350 g/mol. The number of rotatable bonds is 4. The summed E-state index contributed by atoms with van der Waals surface area (Å²) in [6.07, 6.45) is 5.66. The highest BCUT2D eigenvalue weighted by molar-refractivity contribution is 6.00. The predicted molar refractivity (Wildman–Crippen MR) is 110 cm³/mol. The second-order valence-electron chi connectivity index (χ2n) is 7.77. The molecule has 1 aliphatic heterocycles. The topological polar surface area (TPSA) is 57.8 Å². The minimum absolute atomic E-state index is 0.00632. The Balaban J connectivity index is 1.86. The molecule has 3 aromatic rings. The summed E-state index contributed by atoms with van der Waals surface area (Å²) in [6.45, 7) is 4.91. The number of carbonyl (C=O) groups excluding carboxylic acids is 1. The Kier molecular flexibility index (Phi) is 5.18. The van der Waals surface area contributed by atoms with E-state index in [2.05, 4.69) is 6.92 Å². The van der Waals surface area contributed by atoms with Gasteiger partial charge in [0.2, 0.25) is 0 Å². The number of fused-ring (bicyclic) bond motifs is 1. The van der Waals surface area contributed by atoms with E-state index in [1.54, 1.807) is 0 Å². The summed E-state index contributed by atoms with van der Waals surface area (Å²) >= 11 is 0. The number of nitrogens with zero attached hydrogens (tertiary/aromatic N) is 3. The van der Waals surface area contributed by atoms with Gasteiger partial charge in [0.1, 0.15) is 17.0 Å². The molecule has 0 saturated carbocycles. The smallest absolute Gasteiger partial charge is 0.273 e. The summed E-state index contributed by atoms with van der Waals surface area (Å²) in [5.74, 6) is 0.00632. The number of aliphatic hydroxyl groups is 1. The molecule has 0 radical (unpaired) electrons. The Bertz CT molecular complexity index is 989. The van der Waals surface area contributed by atoms with Crippen LogP contribution in [0, 0.1) is 13.8 Å². The van der Waals surface area contributed by atoms with Crippen LogP contribution < -0.4 is 0 Å². The number of aryl methyl sites for hydroxylation is 2. The third-order valence-corrected chi connectivity index (χ3v) is 5.64. The predicted octanol–water partition coefficient (Wildman–Crippen LogP) is 4.00. The van der Waals surface area contributed by atoms with E-state index in [9.17, 15) is 9.90 Å². The van der Waals surface area contributed by atoms with Crippen LogP contribution in [0.5, 0.6) is 0 Å². The zero-order valence-corrected chi connectivity index (χ0v) is 16.6. The third kappa shape index (κ3) is 3.42. The maximum absolute atomic E-state index is 13.7. The van der Waals surface area contributed by atoms with E-state index in [0.717, 1.165) is 48.3 Å². The number of amides is 1. The van der Waals surface area contributed by atoms with Gasteiger partial charge in [-0.1, -0.05) is 35.9 Å². The second kappa shape index (κ2) is 7.76. The number of likely N-dealkylation sites (tertiary alicyclic amines) is 1. The highest BCUT2D eigenvalue weighted by Gasteiger charge is 2.31. The summed E-state index contributed by atoms with van der Waals surface area (Å²) in [5.41, 5.74) is 5.33. The minimum atomic E-state index is 0.00632. The second-order valence-corrected chi connectivity index (χ2v) is 7.77.